The van der Waals surface area contributed by atoms with Crippen LogP contribution in [-0.4, -0.2) is 20.3 Å². The summed E-state index contributed by atoms with van der Waals surface area (Å²) < 4.78 is 10.7. The molecule has 0 fully saturated rings. The molecule has 0 unspecified atom stereocenters. The minimum atomic E-state index is 0.642. The van der Waals surface area contributed by atoms with Gasteiger partial charge in [-0.2, -0.15) is 0 Å². The monoisotopic (exact) mass is 277 g/mol. The van der Waals surface area contributed by atoms with Gasteiger partial charge in [0.2, 0.25) is 0 Å². The van der Waals surface area contributed by atoms with Crippen LogP contribution in [-0.2, 0) is 17.9 Å². The highest BCUT2D eigenvalue weighted by molar-refractivity contribution is 7.09. The molecule has 19 heavy (non-hydrogen) atoms. The van der Waals surface area contributed by atoms with Crippen molar-refractivity contribution in [1.29, 1.82) is 0 Å². The van der Waals surface area contributed by atoms with E-state index in [2.05, 4.69) is 28.9 Å². The Hall–Kier alpha value is -1.36. The van der Waals surface area contributed by atoms with Crippen molar-refractivity contribution in [2.24, 2.45) is 0 Å². The second-order valence-electron chi connectivity index (χ2n) is 4.18. The van der Waals surface area contributed by atoms with Crippen molar-refractivity contribution in [3.8, 4) is 5.75 Å². The van der Waals surface area contributed by atoms with Crippen molar-refractivity contribution in [3.05, 3.63) is 52.2 Å². The van der Waals surface area contributed by atoms with Crippen LogP contribution in [0.25, 0.3) is 0 Å². The molecular formula is C15H19NO2S. The van der Waals surface area contributed by atoms with Crippen molar-refractivity contribution in [3.63, 3.8) is 0 Å². The maximum atomic E-state index is 5.72. The Morgan fingerprint density at radius 2 is 2.00 bits per heavy atom. The summed E-state index contributed by atoms with van der Waals surface area (Å²) in [6.07, 6.45) is 0. The molecule has 2 rings (SSSR count). The van der Waals surface area contributed by atoms with Gasteiger partial charge in [0, 0.05) is 25.1 Å². The van der Waals surface area contributed by atoms with Crippen LogP contribution in [0.2, 0.25) is 0 Å². The van der Waals surface area contributed by atoms with E-state index in [0.29, 0.717) is 6.61 Å². The number of methoxy groups -OCH3 is 1. The molecule has 0 radical (unpaired) electrons. The lowest BCUT2D eigenvalue weighted by Gasteiger charge is -2.07. The molecule has 0 saturated heterocycles. The van der Waals surface area contributed by atoms with E-state index in [9.17, 15) is 0 Å². The van der Waals surface area contributed by atoms with Gasteiger partial charge >= 0.3 is 0 Å². The first kappa shape index (κ1) is 14.1. The molecule has 1 heterocycles. The van der Waals surface area contributed by atoms with Crippen LogP contribution < -0.4 is 10.1 Å². The smallest absolute Gasteiger partial charge is 0.122 e. The van der Waals surface area contributed by atoms with E-state index in [1.807, 2.05) is 18.2 Å². The molecule has 1 N–H and O–H groups in total. The molecule has 3 nitrogen and oxygen atoms in total. The third-order valence-electron chi connectivity index (χ3n) is 2.70. The van der Waals surface area contributed by atoms with E-state index < -0.39 is 0 Å². The van der Waals surface area contributed by atoms with Crippen LogP contribution in [0.1, 0.15) is 10.4 Å². The average Bonchev–Trinajstić information content (AvgIpc) is 2.96. The van der Waals surface area contributed by atoms with Crippen molar-refractivity contribution < 1.29 is 9.47 Å². The maximum Gasteiger partial charge on any atom is 0.122 e. The SMILES string of the molecule is COCCNCc1ccc(OCc2cccs2)cc1. The summed E-state index contributed by atoms with van der Waals surface area (Å²) in [4.78, 5) is 1.24. The van der Waals surface area contributed by atoms with E-state index >= 15 is 0 Å². The first-order valence-electron chi connectivity index (χ1n) is 6.32. The van der Waals surface area contributed by atoms with Crippen LogP contribution in [0, 0.1) is 0 Å². The molecular weight excluding hydrogens is 258 g/mol. The van der Waals surface area contributed by atoms with Gasteiger partial charge < -0.3 is 14.8 Å². The lowest BCUT2D eigenvalue weighted by atomic mass is 10.2. The minimum absolute atomic E-state index is 0.642. The Kier molecular flexibility index (Phi) is 5.88. The average molecular weight is 277 g/mol. The van der Waals surface area contributed by atoms with Gasteiger partial charge in [-0.05, 0) is 29.1 Å². The number of hydrogen-bond donors (Lipinski definition) is 1. The molecule has 0 spiro atoms. The molecule has 0 bridgehead atoms. The van der Waals surface area contributed by atoms with Gasteiger partial charge in [0.05, 0.1) is 6.61 Å². The van der Waals surface area contributed by atoms with Crippen molar-refractivity contribution in [2.75, 3.05) is 20.3 Å². The molecule has 1 aromatic carbocycles. The lowest BCUT2D eigenvalue weighted by molar-refractivity contribution is 0.199. The molecule has 0 atom stereocenters. The number of rotatable bonds is 8. The van der Waals surface area contributed by atoms with E-state index in [0.717, 1.165) is 25.4 Å². The molecule has 0 aliphatic rings. The van der Waals surface area contributed by atoms with Crippen LogP contribution in [0.5, 0.6) is 5.75 Å². The molecule has 0 amide bonds. The van der Waals surface area contributed by atoms with Gasteiger partial charge in [0.1, 0.15) is 12.4 Å². The highest BCUT2D eigenvalue weighted by Crippen LogP contribution is 2.16. The summed E-state index contributed by atoms with van der Waals surface area (Å²) in [5, 5.41) is 5.38. The summed E-state index contributed by atoms with van der Waals surface area (Å²) in [5.74, 6) is 0.911. The predicted octanol–water partition coefficient (Wildman–Crippen LogP) is 3.06. The topological polar surface area (TPSA) is 30.5 Å². The van der Waals surface area contributed by atoms with E-state index in [1.165, 1.54) is 10.4 Å². The van der Waals surface area contributed by atoms with Gasteiger partial charge in [-0.15, -0.1) is 11.3 Å². The van der Waals surface area contributed by atoms with Gasteiger partial charge in [-0.3, -0.25) is 0 Å². The van der Waals surface area contributed by atoms with Crippen LogP contribution in [0.4, 0.5) is 0 Å². The zero-order valence-electron chi connectivity index (χ0n) is 11.1. The Balaban J connectivity index is 1.74. The van der Waals surface area contributed by atoms with Crippen LogP contribution >= 0.6 is 11.3 Å². The van der Waals surface area contributed by atoms with Crippen molar-refractivity contribution >= 4 is 11.3 Å². The normalized spacial score (nSPS) is 10.6. The van der Waals surface area contributed by atoms with Crippen molar-refractivity contribution in [1.82, 2.24) is 5.32 Å². The number of benzene rings is 1. The Labute approximate surface area is 118 Å². The Morgan fingerprint density at radius 3 is 2.68 bits per heavy atom. The largest absolute Gasteiger partial charge is 0.488 e. The fourth-order valence-electron chi connectivity index (χ4n) is 1.66. The number of hydrogen-bond acceptors (Lipinski definition) is 4. The quantitative estimate of drug-likeness (QED) is 0.752. The Morgan fingerprint density at radius 1 is 1.16 bits per heavy atom. The highest BCUT2D eigenvalue weighted by atomic mass is 32.1. The van der Waals surface area contributed by atoms with Crippen LogP contribution in [0.15, 0.2) is 41.8 Å². The van der Waals surface area contributed by atoms with Gasteiger partial charge in [0.25, 0.3) is 0 Å². The van der Waals surface area contributed by atoms with E-state index in [-0.39, 0.29) is 0 Å². The number of nitrogens with one attached hydrogen (secondary N) is 1. The molecule has 0 aliphatic heterocycles. The molecule has 2 aromatic rings. The summed E-state index contributed by atoms with van der Waals surface area (Å²) in [5.41, 5.74) is 1.25. The summed E-state index contributed by atoms with van der Waals surface area (Å²) in [6.45, 7) is 3.10. The number of ether oxygens (including phenoxy) is 2. The predicted molar refractivity (Wildman–Crippen MR) is 78.7 cm³/mol. The maximum absolute atomic E-state index is 5.72. The second kappa shape index (κ2) is 7.94. The molecule has 0 saturated carbocycles. The van der Waals surface area contributed by atoms with Gasteiger partial charge in [0.15, 0.2) is 0 Å². The fourth-order valence-corrected chi connectivity index (χ4v) is 2.28. The zero-order chi connectivity index (χ0) is 13.3. The fraction of sp³-hybridized carbons (Fsp3) is 0.333. The van der Waals surface area contributed by atoms with Crippen LogP contribution in [0.3, 0.4) is 0 Å². The van der Waals surface area contributed by atoms with E-state index in [1.54, 1.807) is 18.4 Å². The first-order valence-corrected chi connectivity index (χ1v) is 7.20. The third-order valence-corrected chi connectivity index (χ3v) is 3.55. The number of thiophene rings is 1. The standard InChI is InChI=1S/C15H19NO2S/c1-17-9-8-16-11-13-4-6-14(7-5-13)18-12-15-3-2-10-19-15/h2-7,10,16H,8-9,11-12H2,1H3. The lowest BCUT2D eigenvalue weighted by Crippen LogP contribution is -2.18. The van der Waals surface area contributed by atoms with Gasteiger partial charge in [-0.25, -0.2) is 0 Å². The first-order chi connectivity index (χ1) is 9.38. The summed E-state index contributed by atoms with van der Waals surface area (Å²) in [7, 11) is 1.71. The Bertz CT molecular complexity index is 454. The third kappa shape index (κ3) is 5.03. The summed E-state index contributed by atoms with van der Waals surface area (Å²) in [6, 6.07) is 12.3. The molecule has 0 aliphatic carbocycles. The second-order valence-corrected chi connectivity index (χ2v) is 5.21. The minimum Gasteiger partial charge on any atom is -0.488 e. The molecule has 4 heteroatoms. The summed E-state index contributed by atoms with van der Waals surface area (Å²) >= 11 is 1.71. The molecule has 1 aromatic heterocycles. The van der Waals surface area contributed by atoms with Crippen molar-refractivity contribution in [2.45, 2.75) is 13.2 Å². The van der Waals surface area contributed by atoms with E-state index in [4.69, 9.17) is 9.47 Å². The zero-order valence-corrected chi connectivity index (χ0v) is 11.9. The van der Waals surface area contributed by atoms with Gasteiger partial charge in [-0.1, -0.05) is 18.2 Å². The molecule has 102 valence electrons. The highest BCUT2D eigenvalue weighted by Gasteiger charge is 1.98.